The minimum atomic E-state index is -0.300. The van der Waals surface area contributed by atoms with E-state index >= 15 is 0 Å². The first-order chi connectivity index (χ1) is 15.4. The van der Waals surface area contributed by atoms with Crippen molar-refractivity contribution in [2.75, 3.05) is 37.3 Å². The van der Waals surface area contributed by atoms with Gasteiger partial charge in [-0.25, -0.2) is 15.0 Å². The molecule has 2 aromatic heterocycles. The van der Waals surface area contributed by atoms with Crippen LogP contribution >= 0.6 is 11.3 Å². The first kappa shape index (κ1) is 22.9. The number of rotatable bonds is 10. The van der Waals surface area contributed by atoms with Crippen molar-refractivity contribution in [3.05, 3.63) is 61.1 Å². The molecule has 2 amide bonds. The summed E-state index contributed by atoms with van der Waals surface area (Å²) in [5.74, 6) is 1.32. The summed E-state index contributed by atoms with van der Waals surface area (Å²) < 4.78 is 0. The van der Waals surface area contributed by atoms with Gasteiger partial charge in [0.25, 0.3) is 0 Å². The van der Waals surface area contributed by atoms with Gasteiger partial charge >= 0.3 is 0 Å². The summed E-state index contributed by atoms with van der Waals surface area (Å²) in [5, 5.41) is 9.88. The molecule has 2 heterocycles. The van der Waals surface area contributed by atoms with Crippen LogP contribution in [0.5, 0.6) is 0 Å². The normalized spacial score (nSPS) is 10.3. The van der Waals surface area contributed by atoms with Gasteiger partial charge in [-0.3, -0.25) is 9.59 Å². The van der Waals surface area contributed by atoms with Crippen molar-refractivity contribution in [2.45, 2.75) is 6.92 Å². The number of aromatic nitrogens is 3. The number of carbonyl (C=O) groups excluding carboxylic acids is 2. The average Bonchev–Trinajstić information content (AvgIpc) is 3.24. The van der Waals surface area contributed by atoms with Gasteiger partial charge in [-0.05, 0) is 18.6 Å². The minimum Gasteiger partial charge on any atom is -0.368 e. The van der Waals surface area contributed by atoms with Crippen LogP contribution in [0.3, 0.4) is 0 Å². The molecule has 0 aliphatic rings. The molecule has 0 bridgehead atoms. The first-order valence-electron chi connectivity index (χ1n) is 9.96. The quantitative estimate of drug-likeness (QED) is 0.321. The molecule has 3 rings (SSSR count). The Hall–Kier alpha value is -3.79. The van der Waals surface area contributed by atoms with Gasteiger partial charge in [0.2, 0.25) is 11.8 Å². The highest BCUT2D eigenvalue weighted by atomic mass is 32.1. The molecule has 0 fully saturated rings. The Labute approximate surface area is 190 Å². The molecule has 0 spiro atoms. The maximum Gasteiger partial charge on any atom is 0.246 e. The van der Waals surface area contributed by atoms with Crippen LogP contribution in [0.25, 0.3) is 10.4 Å². The fourth-order valence-corrected chi connectivity index (χ4v) is 3.63. The summed E-state index contributed by atoms with van der Waals surface area (Å²) in [6.45, 7) is 6.04. The Balaban J connectivity index is 1.51. The summed E-state index contributed by atoms with van der Waals surface area (Å²) in [4.78, 5) is 38.9. The Morgan fingerprint density at radius 1 is 1.16 bits per heavy atom. The largest absolute Gasteiger partial charge is 0.368 e. The molecule has 0 aliphatic heterocycles. The van der Waals surface area contributed by atoms with Crippen molar-refractivity contribution in [3.63, 3.8) is 0 Å². The van der Waals surface area contributed by atoms with Gasteiger partial charge in [-0.2, -0.15) is 0 Å². The molecular formula is C22H25N7O2S. The molecule has 0 radical (unpaired) electrons. The average molecular weight is 452 g/mol. The molecular weight excluding hydrogens is 426 g/mol. The lowest BCUT2D eigenvalue weighted by Gasteiger charge is -2.15. The Bertz CT molecular complexity index is 1080. The third-order valence-electron chi connectivity index (χ3n) is 4.32. The highest BCUT2D eigenvalue weighted by molar-refractivity contribution is 7.18. The molecule has 3 aromatic rings. The summed E-state index contributed by atoms with van der Waals surface area (Å²) in [7, 11) is 1.55. The maximum absolute atomic E-state index is 11.9. The molecule has 0 unspecified atom stereocenters. The number of nitrogens with one attached hydrogen (secondary N) is 3. The van der Waals surface area contributed by atoms with Crippen molar-refractivity contribution >= 4 is 39.9 Å². The number of hydrogen-bond donors (Lipinski definition) is 3. The lowest BCUT2D eigenvalue weighted by Crippen LogP contribution is -2.39. The third-order valence-corrected chi connectivity index (χ3v) is 5.28. The van der Waals surface area contributed by atoms with Gasteiger partial charge < -0.3 is 20.9 Å². The molecule has 9 nitrogen and oxygen atoms in total. The second-order valence-corrected chi connectivity index (χ2v) is 7.91. The number of carbonyl (C=O) groups is 2. The first-order valence-corrected chi connectivity index (χ1v) is 10.8. The van der Waals surface area contributed by atoms with E-state index in [9.17, 15) is 9.59 Å². The second kappa shape index (κ2) is 11.0. The second-order valence-electron chi connectivity index (χ2n) is 6.88. The lowest BCUT2D eigenvalue weighted by molar-refractivity contribution is -0.131. The van der Waals surface area contributed by atoms with Crippen molar-refractivity contribution in [2.24, 2.45) is 0 Å². The van der Waals surface area contributed by atoms with Gasteiger partial charge in [-0.15, -0.1) is 0 Å². The van der Waals surface area contributed by atoms with Crippen molar-refractivity contribution < 1.29 is 9.59 Å². The van der Waals surface area contributed by atoms with E-state index in [0.29, 0.717) is 30.5 Å². The van der Waals surface area contributed by atoms with Crippen molar-refractivity contribution in [1.82, 2.24) is 25.2 Å². The monoisotopic (exact) mass is 451 g/mol. The minimum absolute atomic E-state index is 0.0235. The topological polar surface area (TPSA) is 112 Å². The SMILES string of the molecule is C=CC(=O)N(C)CC(=O)NCCNc1cc(Nc2ncc(-c3ccccc3)s2)nc(C)n1. The molecule has 0 saturated carbocycles. The number of anilines is 3. The van der Waals surface area contributed by atoms with E-state index in [0.717, 1.165) is 15.6 Å². The van der Waals surface area contributed by atoms with Crippen LogP contribution < -0.4 is 16.0 Å². The van der Waals surface area contributed by atoms with E-state index in [1.54, 1.807) is 24.5 Å². The highest BCUT2D eigenvalue weighted by Crippen LogP contribution is 2.30. The molecule has 1 aromatic carbocycles. The molecule has 3 N–H and O–H groups in total. The van der Waals surface area contributed by atoms with Gasteiger partial charge in [-0.1, -0.05) is 48.2 Å². The molecule has 166 valence electrons. The van der Waals surface area contributed by atoms with Crippen molar-refractivity contribution in [3.8, 4) is 10.4 Å². The van der Waals surface area contributed by atoms with Crippen LogP contribution in [0.15, 0.2) is 55.3 Å². The van der Waals surface area contributed by atoms with E-state index < -0.39 is 0 Å². The van der Waals surface area contributed by atoms with Gasteiger partial charge in [0.05, 0.1) is 11.4 Å². The zero-order chi connectivity index (χ0) is 22.9. The van der Waals surface area contributed by atoms with Crippen LogP contribution in [-0.2, 0) is 9.59 Å². The Morgan fingerprint density at radius 3 is 2.66 bits per heavy atom. The number of benzene rings is 1. The standard InChI is InChI=1S/C22H25N7O2S/c1-4-21(31)29(3)14-20(30)24-11-10-23-18-12-19(27-15(2)26-18)28-22-25-13-17(32-22)16-8-6-5-7-9-16/h4-9,12-13H,1,10-11,14H2,2-3H3,(H,24,30)(H2,23,25,26,27,28). The summed E-state index contributed by atoms with van der Waals surface area (Å²) >= 11 is 1.54. The van der Waals surface area contributed by atoms with E-state index in [4.69, 9.17) is 0 Å². The number of nitrogens with zero attached hydrogens (tertiary/aromatic N) is 4. The van der Waals surface area contributed by atoms with Gasteiger partial charge in [0.1, 0.15) is 17.5 Å². The number of amides is 2. The summed E-state index contributed by atoms with van der Waals surface area (Å²) in [5.41, 5.74) is 1.11. The molecule has 0 atom stereocenters. The summed E-state index contributed by atoms with van der Waals surface area (Å²) in [6, 6.07) is 11.8. The molecule has 0 aliphatic carbocycles. The number of aryl methyl sites for hydroxylation is 1. The van der Waals surface area contributed by atoms with Crippen LogP contribution in [0, 0.1) is 6.92 Å². The van der Waals surface area contributed by atoms with Crippen LogP contribution in [-0.4, -0.2) is 58.3 Å². The predicted molar refractivity (Wildman–Crippen MR) is 127 cm³/mol. The van der Waals surface area contributed by atoms with E-state index in [2.05, 4.69) is 37.5 Å². The highest BCUT2D eigenvalue weighted by Gasteiger charge is 2.10. The predicted octanol–water partition coefficient (Wildman–Crippen LogP) is 2.82. The van der Waals surface area contributed by atoms with E-state index in [1.165, 1.54) is 11.0 Å². The third kappa shape index (κ3) is 6.61. The molecule has 10 heteroatoms. The fourth-order valence-electron chi connectivity index (χ4n) is 2.80. The molecule has 0 saturated heterocycles. The smallest absolute Gasteiger partial charge is 0.246 e. The van der Waals surface area contributed by atoms with Gasteiger partial charge in [0, 0.05) is 32.4 Å². The Kier molecular flexibility index (Phi) is 7.87. The Morgan fingerprint density at radius 2 is 1.91 bits per heavy atom. The van der Waals surface area contributed by atoms with E-state index in [-0.39, 0.29) is 18.4 Å². The zero-order valence-electron chi connectivity index (χ0n) is 18.0. The number of likely N-dealkylation sites (N-methyl/N-ethyl adjacent to an activating group) is 1. The van der Waals surface area contributed by atoms with Crippen LogP contribution in [0.4, 0.5) is 16.8 Å². The maximum atomic E-state index is 11.9. The summed E-state index contributed by atoms with van der Waals surface area (Å²) in [6.07, 6.45) is 3.00. The van der Waals surface area contributed by atoms with Crippen LogP contribution in [0.1, 0.15) is 5.82 Å². The van der Waals surface area contributed by atoms with Gasteiger partial charge in [0.15, 0.2) is 5.13 Å². The number of hydrogen-bond acceptors (Lipinski definition) is 8. The van der Waals surface area contributed by atoms with Crippen LogP contribution in [0.2, 0.25) is 0 Å². The number of thiazole rings is 1. The fraction of sp³-hybridized carbons (Fsp3) is 0.227. The lowest BCUT2D eigenvalue weighted by atomic mass is 10.2. The van der Waals surface area contributed by atoms with Crippen molar-refractivity contribution in [1.29, 1.82) is 0 Å². The zero-order valence-corrected chi connectivity index (χ0v) is 18.8. The van der Waals surface area contributed by atoms with E-state index in [1.807, 2.05) is 43.5 Å². The molecule has 32 heavy (non-hydrogen) atoms.